The van der Waals surface area contributed by atoms with E-state index in [4.69, 9.17) is 0 Å². The van der Waals surface area contributed by atoms with Crippen LogP contribution in [0.2, 0.25) is 0 Å². The van der Waals surface area contributed by atoms with Gasteiger partial charge in [0, 0.05) is 18.3 Å². The molecule has 0 atom stereocenters. The smallest absolute Gasteiger partial charge is 0.227 e. The normalized spacial score (nSPS) is 19.0. The van der Waals surface area contributed by atoms with Crippen molar-refractivity contribution in [3.8, 4) is 0 Å². The van der Waals surface area contributed by atoms with Crippen LogP contribution in [0.4, 0.5) is 8.78 Å². The second-order valence-electron chi connectivity index (χ2n) is 4.51. The molecule has 0 radical (unpaired) electrons. The summed E-state index contributed by atoms with van der Waals surface area (Å²) in [7, 11) is 0. The molecule has 3 nitrogen and oxygen atoms in total. The predicted molar refractivity (Wildman–Crippen MR) is 56.1 cm³/mol. The Hall–Kier alpha value is -1.78. The van der Waals surface area contributed by atoms with Crippen LogP contribution in [-0.4, -0.2) is 11.8 Å². The lowest BCUT2D eigenvalue weighted by atomic mass is 9.74. The van der Waals surface area contributed by atoms with Crippen molar-refractivity contribution in [2.24, 2.45) is 0 Å². The number of carbonyl (C=O) groups is 2. The molecular weight excluding hydrogens is 228 g/mol. The first kappa shape index (κ1) is 11.7. The Bertz CT molecular complexity index is 483. The second-order valence-corrected chi connectivity index (χ2v) is 4.51. The lowest BCUT2D eigenvalue weighted by Gasteiger charge is -2.32. The molecule has 5 heteroatoms. The average molecular weight is 239 g/mol. The lowest BCUT2D eigenvalue weighted by Crippen LogP contribution is -2.46. The Balaban J connectivity index is 2.46. The summed E-state index contributed by atoms with van der Waals surface area (Å²) in [5.74, 6) is -2.11. The molecule has 1 N–H and O–H groups in total. The molecule has 1 heterocycles. The quantitative estimate of drug-likeness (QED) is 0.757. The van der Waals surface area contributed by atoms with Crippen LogP contribution in [0.1, 0.15) is 25.3 Å². The summed E-state index contributed by atoms with van der Waals surface area (Å²) in [6, 6.07) is 3.06. The molecule has 1 aliphatic rings. The van der Waals surface area contributed by atoms with Gasteiger partial charge in [0.05, 0.1) is 0 Å². The molecule has 17 heavy (non-hydrogen) atoms. The first-order valence-corrected chi connectivity index (χ1v) is 5.19. The van der Waals surface area contributed by atoms with Crippen molar-refractivity contribution >= 4 is 11.8 Å². The van der Waals surface area contributed by atoms with Crippen LogP contribution in [-0.2, 0) is 15.0 Å². The highest BCUT2D eigenvalue weighted by molar-refractivity contribution is 5.99. The number of nitrogens with one attached hydrogen (secondary N) is 1. The van der Waals surface area contributed by atoms with Gasteiger partial charge in [-0.2, -0.15) is 0 Å². The van der Waals surface area contributed by atoms with Gasteiger partial charge in [-0.3, -0.25) is 14.9 Å². The maximum atomic E-state index is 13.6. The second kappa shape index (κ2) is 3.91. The van der Waals surface area contributed by atoms with E-state index in [9.17, 15) is 18.4 Å². The predicted octanol–water partition coefficient (Wildman–Crippen LogP) is 1.66. The van der Waals surface area contributed by atoms with Crippen LogP contribution in [0.15, 0.2) is 18.2 Å². The van der Waals surface area contributed by atoms with Crippen molar-refractivity contribution in [1.82, 2.24) is 5.32 Å². The Labute approximate surface area is 96.8 Å². The summed E-state index contributed by atoms with van der Waals surface area (Å²) in [5.41, 5.74) is -0.910. The highest BCUT2D eigenvalue weighted by Crippen LogP contribution is 2.35. The molecule has 1 saturated heterocycles. The molecule has 0 aliphatic carbocycles. The number of benzene rings is 1. The van der Waals surface area contributed by atoms with Gasteiger partial charge in [-0.05, 0) is 23.8 Å². The molecule has 1 aromatic rings. The van der Waals surface area contributed by atoms with E-state index in [2.05, 4.69) is 5.32 Å². The molecule has 1 fully saturated rings. The molecule has 1 aromatic carbocycles. The molecule has 0 spiro atoms. The zero-order chi connectivity index (χ0) is 12.6. The summed E-state index contributed by atoms with van der Waals surface area (Å²) in [6.07, 6.45) is -0.0573. The number of halogens is 2. The maximum Gasteiger partial charge on any atom is 0.227 e. The monoisotopic (exact) mass is 239 g/mol. The van der Waals surface area contributed by atoms with Crippen LogP contribution in [0.25, 0.3) is 0 Å². The van der Waals surface area contributed by atoms with Gasteiger partial charge in [0.2, 0.25) is 11.8 Å². The van der Waals surface area contributed by atoms with Crippen LogP contribution >= 0.6 is 0 Å². The number of hydrogen-bond acceptors (Lipinski definition) is 2. The SMILES string of the molecule is CC1(c2cc(F)ccc2F)CC(=O)NC(=O)C1. The minimum Gasteiger partial charge on any atom is -0.296 e. The molecule has 0 unspecified atom stereocenters. The first-order chi connectivity index (χ1) is 7.90. The summed E-state index contributed by atoms with van der Waals surface area (Å²) >= 11 is 0. The zero-order valence-electron chi connectivity index (χ0n) is 9.22. The van der Waals surface area contributed by atoms with Crippen molar-refractivity contribution in [1.29, 1.82) is 0 Å². The number of amides is 2. The van der Waals surface area contributed by atoms with Crippen LogP contribution in [0.5, 0.6) is 0 Å². The average Bonchev–Trinajstić information content (AvgIpc) is 2.19. The van der Waals surface area contributed by atoms with Crippen molar-refractivity contribution in [2.45, 2.75) is 25.2 Å². The van der Waals surface area contributed by atoms with E-state index in [1.54, 1.807) is 6.92 Å². The summed E-state index contributed by atoms with van der Waals surface area (Å²) in [4.78, 5) is 22.6. The molecular formula is C12H11F2NO2. The molecule has 0 saturated carbocycles. The van der Waals surface area contributed by atoms with Gasteiger partial charge in [-0.25, -0.2) is 8.78 Å². The van der Waals surface area contributed by atoms with Crippen molar-refractivity contribution in [3.63, 3.8) is 0 Å². The highest BCUT2D eigenvalue weighted by atomic mass is 19.1. The van der Waals surface area contributed by atoms with E-state index in [1.165, 1.54) is 0 Å². The number of rotatable bonds is 1. The lowest BCUT2D eigenvalue weighted by molar-refractivity contribution is -0.135. The topological polar surface area (TPSA) is 46.2 Å². The number of piperidine rings is 1. The fourth-order valence-electron chi connectivity index (χ4n) is 2.17. The third-order valence-electron chi connectivity index (χ3n) is 2.96. The number of imide groups is 1. The third kappa shape index (κ3) is 2.18. The Morgan fingerprint density at radius 2 is 1.76 bits per heavy atom. The summed E-state index contributed by atoms with van der Waals surface area (Å²) in [6.45, 7) is 1.58. The Morgan fingerprint density at radius 1 is 1.18 bits per heavy atom. The summed E-state index contributed by atoms with van der Waals surface area (Å²) < 4.78 is 26.8. The third-order valence-corrected chi connectivity index (χ3v) is 2.96. The standard InChI is InChI=1S/C12H11F2NO2/c1-12(5-10(16)15-11(17)6-12)8-4-7(13)2-3-9(8)14/h2-4H,5-6H2,1H3,(H,15,16,17). The van der Waals surface area contributed by atoms with E-state index >= 15 is 0 Å². The van der Waals surface area contributed by atoms with E-state index in [-0.39, 0.29) is 18.4 Å². The van der Waals surface area contributed by atoms with Crippen molar-refractivity contribution in [3.05, 3.63) is 35.4 Å². The summed E-state index contributed by atoms with van der Waals surface area (Å²) in [5, 5.41) is 2.14. The van der Waals surface area contributed by atoms with E-state index in [0.717, 1.165) is 18.2 Å². The maximum absolute atomic E-state index is 13.6. The number of carbonyl (C=O) groups excluding carboxylic acids is 2. The Morgan fingerprint density at radius 3 is 2.35 bits per heavy atom. The van der Waals surface area contributed by atoms with Crippen molar-refractivity contribution in [2.75, 3.05) is 0 Å². The molecule has 90 valence electrons. The van der Waals surface area contributed by atoms with E-state index in [0.29, 0.717) is 0 Å². The molecule has 2 rings (SSSR count). The fraction of sp³-hybridized carbons (Fsp3) is 0.333. The van der Waals surface area contributed by atoms with Crippen LogP contribution in [0.3, 0.4) is 0 Å². The van der Waals surface area contributed by atoms with Gasteiger partial charge in [0.15, 0.2) is 0 Å². The van der Waals surface area contributed by atoms with Gasteiger partial charge >= 0.3 is 0 Å². The van der Waals surface area contributed by atoms with Crippen LogP contribution in [0, 0.1) is 11.6 Å². The fourth-order valence-corrected chi connectivity index (χ4v) is 2.17. The van der Waals surface area contributed by atoms with Crippen LogP contribution < -0.4 is 5.32 Å². The van der Waals surface area contributed by atoms with Gasteiger partial charge < -0.3 is 0 Å². The van der Waals surface area contributed by atoms with Gasteiger partial charge in [0.1, 0.15) is 11.6 Å². The molecule has 1 aliphatic heterocycles. The number of hydrogen-bond donors (Lipinski definition) is 1. The first-order valence-electron chi connectivity index (χ1n) is 5.19. The van der Waals surface area contributed by atoms with Gasteiger partial charge in [-0.15, -0.1) is 0 Å². The zero-order valence-corrected chi connectivity index (χ0v) is 9.22. The molecule has 0 aromatic heterocycles. The van der Waals surface area contributed by atoms with Gasteiger partial charge in [-0.1, -0.05) is 6.92 Å². The minimum atomic E-state index is -0.981. The Kier molecular flexibility index (Phi) is 2.69. The minimum absolute atomic E-state index is 0.0287. The molecule has 0 bridgehead atoms. The molecule has 2 amide bonds. The van der Waals surface area contributed by atoms with Crippen molar-refractivity contribution < 1.29 is 18.4 Å². The van der Waals surface area contributed by atoms with E-state index in [1.807, 2.05) is 0 Å². The largest absolute Gasteiger partial charge is 0.296 e. The van der Waals surface area contributed by atoms with Gasteiger partial charge in [0.25, 0.3) is 0 Å². The van der Waals surface area contributed by atoms with E-state index < -0.39 is 28.9 Å². The highest BCUT2D eigenvalue weighted by Gasteiger charge is 2.38.